The van der Waals surface area contributed by atoms with Crippen LogP contribution in [-0.4, -0.2) is 55.8 Å². The minimum atomic E-state index is -3.52. The summed E-state index contributed by atoms with van der Waals surface area (Å²) in [5.41, 5.74) is 0.709. The smallest absolute Gasteiger partial charge is 0.246 e. The number of ether oxygens (including phenoxy) is 1. The first-order chi connectivity index (χ1) is 12.6. The van der Waals surface area contributed by atoms with Gasteiger partial charge in [-0.25, -0.2) is 13.1 Å². The molecule has 0 bridgehead atoms. The maximum Gasteiger partial charge on any atom is 0.246 e. The fourth-order valence-corrected chi connectivity index (χ4v) is 4.64. The molecule has 2 aromatic rings. The van der Waals surface area contributed by atoms with E-state index in [9.17, 15) is 8.42 Å². The van der Waals surface area contributed by atoms with Crippen molar-refractivity contribution >= 4 is 22.4 Å². The SMILES string of the molecule is CCNCC1CCN(S(=O)(=O)c2cnn(-c3ccccc3OC)c2)CC1.Cl. The number of halogens is 1. The normalized spacial score (nSPS) is 16.1. The molecule has 27 heavy (non-hydrogen) atoms. The Morgan fingerprint density at radius 1 is 1.26 bits per heavy atom. The van der Waals surface area contributed by atoms with Gasteiger partial charge in [-0.3, -0.25) is 0 Å². The first kappa shape index (κ1) is 21.7. The van der Waals surface area contributed by atoms with Crippen LogP contribution in [0.25, 0.3) is 5.69 Å². The Labute approximate surface area is 167 Å². The Morgan fingerprint density at radius 3 is 2.63 bits per heavy atom. The van der Waals surface area contributed by atoms with Crippen molar-refractivity contribution in [3.63, 3.8) is 0 Å². The highest BCUT2D eigenvalue weighted by Gasteiger charge is 2.30. The summed E-state index contributed by atoms with van der Waals surface area (Å²) in [7, 11) is -1.94. The summed E-state index contributed by atoms with van der Waals surface area (Å²) in [4.78, 5) is 0.216. The van der Waals surface area contributed by atoms with E-state index in [-0.39, 0.29) is 17.3 Å². The van der Waals surface area contributed by atoms with E-state index in [0.717, 1.165) is 25.9 Å². The average molecular weight is 415 g/mol. The number of sulfonamides is 1. The summed E-state index contributed by atoms with van der Waals surface area (Å²) in [5.74, 6) is 1.18. The molecule has 7 nitrogen and oxygen atoms in total. The first-order valence-electron chi connectivity index (χ1n) is 8.95. The standard InChI is InChI=1S/C18H26N4O3S.ClH/c1-3-19-12-15-8-10-21(11-9-15)26(23,24)16-13-20-22(14-16)17-6-4-5-7-18(17)25-2;/h4-7,13-15,19H,3,8-12H2,1-2H3;1H. The number of nitrogens with zero attached hydrogens (tertiary/aromatic N) is 3. The van der Waals surface area contributed by atoms with E-state index in [1.54, 1.807) is 22.3 Å². The van der Waals surface area contributed by atoms with Gasteiger partial charge in [0.25, 0.3) is 0 Å². The zero-order valence-corrected chi connectivity index (χ0v) is 17.3. The van der Waals surface area contributed by atoms with Gasteiger partial charge in [0, 0.05) is 13.1 Å². The van der Waals surface area contributed by atoms with E-state index in [1.165, 1.54) is 6.20 Å². The number of nitrogens with one attached hydrogen (secondary N) is 1. The number of methoxy groups -OCH3 is 1. The summed E-state index contributed by atoms with van der Waals surface area (Å²) >= 11 is 0. The number of hydrogen-bond acceptors (Lipinski definition) is 5. The number of hydrogen-bond donors (Lipinski definition) is 1. The molecule has 1 aliphatic heterocycles. The quantitative estimate of drug-likeness (QED) is 0.752. The fraction of sp³-hybridized carbons (Fsp3) is 0.500. The lowest BCUT2D eigenvalue weighted by Gasteiger charge is -2.30. The van der Waals surface area contributed by atoms with Gasteiger partial charge in [0.05, 0.1) is 19.5 Å². The van der Waals surface area contributed by atoms with E-state index in [0.29, 0.717) is 30.4 Å². The largest absolute Gasteiger partial charge is 0.494 e. The highest BCUT2D eigenvalue weighted by atomic mass is 35.5. The van der Waals surface area contributed by atoms with Crippen molar-refractivity contribution in [2.24, 2.45) is 5.92 Å². The molecule has 9 heteroatoms. The van der Waals surface area contributed by atoms with E-state index in [4.69, 9.17) is 4.74 Å². The van der Waals surface area contributed by atoms with E-state index >= 15 is 0 Å². The molecular formula is C18H27ClN4O3S. The molecule has 0 saturated carbocycles. The van der Waals surface area contributed by atoms with Gasteiger partial charge in [-0.15, -0.1) is 12.4 Å². The summed E-state index contributed by atoms with van der Waals surface area (Å²) in [6.45, 7) is 5.09. The number of rotatable bonds is 7. The monoisotopic (exact) mass is 414 g/mol. The molecule has 1 N–H and O–H groups in total. The minimum Gasteiger partial charge on any atom is -0.494 e. The summed E-state index contributed by atoms with van der Waals surface area (Å²) in [6, 6.07) is 7.39. The van der Waals surface area contributed by atoms with Gasteiger partial charge in [-0.05, 0) is 44.0 Å². The van der Waals surface area contributed by atoms with Crippen molar-refractivity contribution in [1.82, 2.24) is 19.4 Å². The highest BCUT2D eigenvalue weighted by molar-refractivity contribution is 7.89. The molecule has 150 valence electrons. The third-order valence-corrected chi connectivity index (χ3v) is 6.64. The molecule has 0 amide bonds. The third kappa shape index (κ3) is 4.82. The van der Waals surface area contributed by atoms with Crippen LogP contribution in [-0.2, 0) is 10.0 Å². The molecule has 0 unspecified atom stereocenters. The lowest BCUT2D eigenvalue weighted by molar-refractivity contribution is 0.268. The van der Waals surface area contributed by atoms with Gasteiger partial charge in [0.15, 0.2) is 0 Å². The molecule has 1 fully saturated rings. The lowest BCUT2D eigenvalue weighted by Crippen LogP contribution is -2.40. The molecule has 1 aromatic heterocycles. The van der Waals surface area contributed by atoms with Crippen LogP contribution in [0.1, 0.15) is 19.8 Å². The second-order valence-electron chi connectivity index (χ2n) is 6.45. The van der Waals surface area contributed by atoms with Crippen molar-refractivity contribution in [3.05, 3.63) is 36.7 Å². The number of para-hydroxylation sites is 2. The Hall–Kier alpha value is -1.61. The Balaban J connectivity index is 0.00000261. The van der Waals surface area contributed by atoms with Gasteiger partial charge in [-0.2, -0.15) is 9.40 Å². The molecule has 2 heterocycles. The van der Waals surface area contributed by atoms with Crippen molar-refractivity contribution < 1.29 is 13.2 Å². The van der Waals surface area contributed by atoms with Gasteiger partial charge in [-0.1, -0.05) is 19.1 Å². The highest BCUT2D eigenvalue weighted by Crippen LogP contribution is 2.26. The van der Waals surface area contributed by atoms with Crippen LogP contribution in [0.3, 0.4) is 0 Å². The maximum atomic E-state index is 12.9. The van der Waals surface area contributed by atoms with Crippen LogP contribution in [0, 0.1) is 5.92 Å². The maximum absolute atomic E-state index is 12.9. The number of aromatic nitrogens is 2. The lowest BCUT2D eigenvalue weighted by atomic mass is 9.98. The van der Waals surface area contributed by atoms with Crippen LogP contribution in [0.2, 0.25) is 0 Å². The molecular weight excluding hydrogens is 388 g/mol. The van der Waals surface area contributed by atoms with Gasteiger partial charge in [0.2, 0.25) is 10.0 Å². The topological polar surface area (TPSA) is 76.5 Å². The van der Waals surface area contributed by atoms with Crippen molar-refractivity contribution in [2.75, 3.05) is 33.3 Å². The third-order valence-electron chi connectivity index (χ3n) is 4.79. The summed E-state index contributed by atoms with van der Waals surface area (Å²) in [5, 5.41) is 7.57. The van der Waals surface area contributed by atoms with Gasteiger partial charge in [0.1, 0.15) is 16.3 Å². The van der Waals surface area contributed by atoms with Crippen molar-refractivity contribution in [1.29, 1.82) is 0 Å². The summed E-state index contributed by atoms with van der Waals surface area (Å²) < 4.78 is 34.3. The van der Waals surface area contributed by atoms with Gasteiger partial charge < -0.3 is 10.1 Å². The van der Waals surface area contributed by atoms with Crippen molar-refractivity contribution in [2.45, 2.75) is 24.7 Å². The minimum absolute atomic E-state index is 0. The Kier molecular flexibility index (Phi) is 7.67. The molecule has 1 aliphatic rings. The average Bonchev–Trinajstić information content (AvgIpc) is 3.17. The molecule has 0 spiro atoms. The molecule has 3 rings (SSSR count). The summed E-state index contributed by atoms with van der Waals surface area (Å²) in [6.07, 6.45) is 4.73. The van der Waals surface area contributed by atoms with E-state index in [1.807, 2.05) is 24.3 Å². The Bertz CT molecular complexity index is 833. The predicted octanol–water partition coefficient (Wildman–Crippen LogP) is 2.31. The van der Waals surface area contributed by atoms with Crippen LogP contribution < -0.4 is 10.1 Å². The molecule has 1 saturated heterocycles. The second-order valence-corrected chi connectivity index (χ2v) is 8.39. The fourth-order valence-electron chi connectivity index (χ4n) is 3.24. The zero-order valence-electron chi connectivity index (χ0n) is 15.7. The predicted molar refractivity (Wildman–Crippen MR) is 107 cm³/mol. The van der Waals surface area contributed by atoms with Crippen LogP contribution in [0.5, 0.6) is 5.75 Å². The second kappa shape index (κ2) is 9.54. The van der Waals surface area contributed by atoms with Crippen LogP contribution in [0.4, 0.5) is 0 Å². The van der Waals surface area contributed by atoms with Crippen LogP contribution >= 0.6 is 12.4 Å². The van der Waals surface area contributed by atoms with E-state index < -0.39 is 10.0 Å². The molecule has 0 aliphatic carbocycles. The zero-order chi connectivity index (χ0) is 18.6. The number of piperidine rings is 1. The van der Waals surface area contributed by atoms with Gasteiger partial charge >= 0.3 is 0 Å². The van der Waals surface area contributed by atoms with E-state index in [2.05, 4.69) is 17.3 Å². The first-order valence-corrected chi connectivity index (χ1v) is 10.4. The molecule has 0 atom stereocenters. The molecule has 1 aromatic carbocycles. The van der Waals surface area contributed by atoms with Crippen LogP contribution in [0.15, 0.2) is 41.6 Å². The van der Waals surface area contributed by atoms with Crippen molar-refractivity contribution in [3.8, 4) is 11.4 Å². The number of benzene rings is 1. The molecule has 0 radical (unpaired) electrons. The Morgan fingerprint density at radius 2 is 1.96 bits per heavy atom.